The Kier molecular flexibility index (Phi) is 16.5. The molecule has 6 nitrogen and oxygen atoms in total. The summed E-state index contributed by atoms with van der Waals surface area (Å²) in [5.74, 6) is 1.17. The van der Waals surface area contributed by atoms with Crippen molar-refractivity contribution in [3.05, 3.63) is 192 Å². The molecule has 9 rings (SSSR count). The van der Waals surface area contributed by atoms with Crippen LogP contribution in [0.3, 0.4) is 0 Å². The van der Waals surface area contributed by atoms with Gasteiger partial charge < -0.3 is 28.8 Å². The van der Waals surface area contributed by atoms with Crippen molar-refractivity contribution >= 4 is 82.5 Å². The van der Waals surface area contributed by atoms with Crippen molar-refractivity contribution in [1.29, 1.82) is 0 Å². The van der Waals surface area contributed by atoms with Crippen molar-refractivity contribution in [2.24, 2.45) is 0 Å². The zero-order chi connectivity index (χ0) is 56.0. The largest absolute Gasteiger partial charge is 0.506 e. The van der Waals surface area contributed by atoms with E-state index in [0.717, 1.165) is 41.8 Å². The standard InChI is InChI=1S/C66H70O6P2S4/c1-63(2,3)43-33-51-59(67)52(34-43)76-56-38-46(66(10,11)12)40-58(62(56)72-42-74(70,49-29-21-15-22-30-49)50-31-23-16-24-32-50)78-54-36-44(64(4,5)6)35-53(60(54)68)77-57-39-45(65(7,8)9)37-55(75-51)61(57)71-41-73(69,47-25-17-13-18-26-47)48-27-19-14-20-28-48/h13-40,67-68H,41-42H2,1-12H3. The van der Waals surface area contributed by atoms with Crippen molar-refractivity contribution in [1.82, 2.24) is 0 Å². The summed E-state index contributed by atoms with van der Waals surface area (Å²) in [6.45, 7) is 26.1. The van der Waals surface area contributed by atoms with Gasteiger partial charge in [0.25, 0.3) is 0 Å². The van der Waals surface area contributed by atoms with E-state index in [1.165, 1.54) is 47.0 Å². The molecule has 0 fully saturated rings. The minimum absolute atomic E-state index is 0.0869. The molecule has 0 atom stereocenters. The third kappa shape index (κ3) is 12.4. The summed E-state index contributed by atoms with van der Waals surface area (Å²) < 4.78 is 45.9. The Morgan fingerprint density at radius 3 is 0.718 bits per heavy atom. The average molecular weight is 1150 g/mol. The van der Waals surface area contributed by atoms with Gasteiger partial charge in [-0.1, -0.05) is 251 Å². The van der Waals surface area contributed by atoms with Gasteiger partial charge in [-0.15, -0.1) is 0 Å². The quantitative estimate of drug-likeness (QED) is 0.129. The lowest BCUT2D eigenvalue weighted by Crippen LogP contribution is -2.21. The molecule has 12 heteroatoms. The highest BCUT2D eigenvalue weighted by Gasteiger charge is 2.34. The first-order valence-electron chi connectivity index (χ1n) is 26.2. The Bertz CT molecular complexity index is 3160. The third-order valence-corrected chi connectivity index (χ3v) is 23.7. The molecule has 8 aromatic carbocycles. The Labute approximate surface area is 479 Å². The number of fused-ring (bicyclic) bond motifs is 8. The van der Waals surface area contributed by atoms with Gasteiger partial charge in [-0.3, -0.25) is 0 Å². The summed E-state index contributed by atoms with van der Waals surface area (Å²) >= 11 is 5.65. The van der Waals surface area contributed by atoms with Crippen LogP contribution in [-0.2, 0) is 30.8 Å². The fraction of sp³-hybridized carbons (Fsp3) is 0.273. The molecule has 1 heterocycles. The first-order chi connectivity index (χ1) is 36.7. The number of phenolic OH excluding ortho intramolecular Hbond substituents is 2. The number of aromatic hydroxyl groups is 2. The van der Waals surface area contributed by atoms with Gasteiger partial charge in [-0.25, -0.2) is 0 Å². The fourth-order valence-electron chi connectivity index (χ4n) is 9.01. The third-order valence-electron chi connectivity index (χ3n) is 13.9. The molecule has 8 aromatic rings. The van der Waals surface area contributed by atoms with Gasteiger partial charge >= 0.3 is 0 Å². The van der Waals surface area contributed by atoms with E-state index in [1.54, 1.807) is 0 Å². The Morgan fingerprint density at radius 2 is 0.526 bits per heavy atom. The topological polar surface area (TPSA) is 93.1 Å². The molecular weight excluding hydrogens is 1080 g/mol. The zero-order valence-electron chi connectivity index (χ0n) is 46.6. The lowest BCUT2D eigenvalue weighted by molar-refractivity contribution is 0.361. The van der Waals surface area contributed by atoms with Crippen LogP contribution in [-0.4, -0.2) is 22.9 Å². The summed E-state index contributed by atoms with van der Waals surface area (Å²) in [6, 6.07) is 55.0. The van der Waals surface area contributed by atoms with Gasteiger partial charge in [0.2, 0.25) is 0 Å². The summed E-state index contributed by atoms with van der Waals surface area (Å²) in [5, 5.41) is 28.6. The van der Waals surface area contributed by atoms with E-state index in [9.17, 15) is 10.2 Å². The number of rotatable bonds is 10. The summed E-state index contributed by atoms with van der Waals surface area (Å²) in [4.78, 5) is 5.34. The lowest BCUT2D eigenvalue weighted by atomic mass is 9.87. The van der Waals surface area contributed by atoms with Gasteiger partial charge in [-0.2, -0.15) is 0 Å². The summed E-state index contributed by atoms with van der Waals surface area (Å²) in [6.07, 6.45) is -0.285. The van der Waals surface area contributed by atoms with Crippen LogP contribution in [0, 0.1) is 0 Å². The van der Waals surface area contributed by atoms with Crippen LogP contribution in [0.1, 0.15) is 105 Å². The molecule has 0 aliphatic carbocycles. The van der Waals surface area contributed by atoms with E-state index >= 15 is 9.13 Å². The van der Waals surface area contributed by atoms with Crippen LogP contribution in [0.2, 0.25) is 0 Å². The maximum Gasteiger partial charge on any atom is 0.178 e. The Morgan fingerprint density at radius 1 is 0.333 bits per heavy atom. The van der Waals surface area contributed by atoms with E-state index in [2.05, 4.69) is 132 Å². The highest BCUT2D eigenvalue weighted by Crippen LogP contribution is 2.57. The van der Waals surface area contributed by atoms with E-state index in [4.69, 9.17) is 9.47 Å². The van der Waals surface area contributed by atoms with Crippen molar-refractivity contribution in [2.75, 3.05) is 12.7 Å². The second kappa shape index (κ2) is 22.4. The Balaban J connectivity index is 1.32. The van der Waals surface area contributed by atoms with Crippen molar-refractivity contribution in [3.63, 3.8) is 0 Å². The van der Waals surface area contributed by atoms with Gasteiger partial charge in [0.05, 0.1) is 39.2 Å². The predicted octanol–water partition coefficient (Wildman–Crippen LogP) is 17.9. The lowest BCUT2D eigenvalue weighted by Gasteiger charge is -2.28. The highest BCUT2D eigenvalue weighted by atomic mass is 32.2. The second-order valence-corrected chi connectivity index (χ2v) is 33.9. The maximum absolute atomic E-state index is 15.8. The van der Waals surface area contributed by atoms with E-state index < -0.39 is 14.3 Å². The molecule has 78 heavy (non-hydrogen) atoms. The van der Waals surface area contributed by atoms with Gasteiger partial charge in [0, 0.05) is 21.2 Å². The summed E-state index contributed by atoms with van der Waals surface area (Å²) in [5.41, 5.74) is 2.68. The number of phenols is 2. The first kappa shape index (κ1) is 57.5. The summed E-state index contributed by atoms with van der Waals surface area (Å²) in [7, 11) is -6.84. The Hall–Kier alpha value is -5.18. The van der Waals surface area contributed by atoms with Crippen molar-refractivity contribution in [3.8, 4) is 23.0 Å². The van der Waals surface area contributed by atoms with Gasteiger partial charge in [-0.05, 0) is 92.4 Å². The molecule has 0 saturated heterocycles. The molecular formula is C66H70O6P2S4. The van der Waals surface area contributed by atoms with Crippen LogP contribution in [0.15, 0.2) is 209 Å². The van der Waals surface area contributed by atoms with Crippen molar-refractivity contribution in [2.45, 2.75) is 144 Å². The molecule has 8 bridgehead atoms. The van der Waals surface area contributed by atoms with Crippen molar-refractivity contribution < 1.29 is 28.8 Å². The van der Waals surface area contributed by atoms with Crippen LogP contribution in [0.25, 0.3) is 0 Å². The molecule has 2 N–H and O–H groups in total. The molecule has 1 aliphatic heterocycles. The minimum Gasteiger partial charge on any atom is -0.506 e. The van der Waals surface area contributed by atoms with Gasteiger partial charge in [0.15, 0.2) is 14.3 Å². The molecule has 1 aliphatic rings. The number of ether oxygens (including phenoxy) is 2. The monoisotopic (exact) mass is 1150 g/mol. The van der Waals surface area contributed by atoms with Crippen LogP contribution in [0.5, 0.6) is 23.0 Å². The SMILES string of the molecule is CC(C)(C)c1cc2c(O)c(c1)Sc1cc(C(C)(C)C)cc(c1OCP(=O)(c1ccccc1)c1ccccc1)Sc1cc(C(C)(C)C)cc(c1O)Sc1cc(C(C)(C)C)cc(c1OCP(=O)(c1ccccc1)c1ccccc1)S2. The van der Waals surface area contributed by atoms with E-state index in [1.807, 2.05) is 121 Å². The molecule has 0 radical (unpaired) electrons. The molecule has 0 aromatic heterocycles. The molecule has 0 saturated carbocycles. The number of benzene rings is 8. The number of hydrogen-bond donors (Lipinski definition) is 2. The second-order valence-electron chi connectivity index (χ2n) is 24.0. The van der Waals surface area contributed by atoms with E-state index in [-0.39, 0.29) is 45.9 Å². The minimum atomic E-state index is -3.42. The molecule has 0 spiro atoms. The van der Waals surface area contributed by atoms with Crippen LogP contribution < -0.4 is 30.7 Å². The predicted molar refractivity (Wildman–Crippen MR) is 331 cm³/mol. The van der Waals surface area contributed by atoms with E-state index in [0.29, 0.717) is 52.3 Å². The normalized spacial score (nSPS) is 13.5. The average Bonchev–Trinajstić information content (AvgIpc) is 3.42. The van der Waals surface area contributed by atoms with Gasteiger partial charge in [0.1, 0.15) is 35.7 Å². The van der Waals surface area contributed by atoms with Crippen LogP contribution in [0.4, 0.5) is 0 Å². The maximum atomic E-state index is 15.8. The molecule has 0 amide bonds. The first-order valence-corrected chi connectivity index (χ1v) is 33.3. The van der Waals surface area contributed by atoms with Crippen LogP contribution >= 0.6 is 61.3 Å². The fourth-order valence-corrected chi connectivity index (χ4v) is 18.0. The highest BCUT2D eigenvalue weighted by molar-refractivity contribution is 8.01. The molecule has 404 valence electrons. The smallest absolute Gasteiger partial charge is 0.178 e. The number of hydrogen-bond acceptors (Lipinski definition) is 10. The zero-order valence-corrected chi connectivity index (χ0v) is 51.7. The molecule has 0 unspecified atom stereocenters.